The van der Waals surface area contributed by atoms with Gasteiger partial charge in [0.15, 0.2) is 0 Å². The van der Waals surface area contributed by atoms with Crippen LogP contribution in [0.4, 0.5) is 4.79 Å². The largest absolute Gasteiger partial charge is 0.444 e. The molecule has 0 aliphatic carbocycles. The third-order valence-corrected chi connectivity index (χ3v) is 4.72. The van der Waals surface area contributed by atoms with Gasteiger partial charge in [-0.3, -0.25) is 9.59 Å². The highest BCUT2D eigenvalue weighted by molar-refractivity contribution is 5.92. The van der Waals surface area contributed by atoms with E-state index in [1.165, 1.54) is 11.9 Å². The number of amides is 3. The normalized spacial score (nSPS) is 13.1. The number of unbranched alkanes of at least 4 members (excludes halogenated alkanes) is 2. The zero-order valence-corrected chi connectivity index (χ0v) is 19.5. The molecule has 0 spiro atoms. The second-order valence-corrected chi connectivity index (χ2v) is 8.59. The molecular weight excluding hydrogens is 398 g/mol. The Morgan fingerprint density at radius 3 is 2.35 bits per heavy atom. The number of likely N-dealkylation sites (N-methyl/N-ethyl adjacent to an activating group) is 1. The zero-order valence-electron chi connectivity index (χ0n) is 19.5. The summed E-state index contributed by atoms with van der Waals surface area (Å²) in [6.45, 7) is 8.94. The minimum absolute atomic E-state index is 0.310. The fraction of sp³-hybridized carbons (Fsp3) is 0.609. The molecule has 1 rings (SSSR count). The topological polar surface area (TPSA) is 108 Å². The molecule has 31 heavy (non-hydrogen) atoms. The van der Waals surface area contributed by atoms with Gasteiger partial charge in [0.05, 0.1) is 6.61 Å². The standard InChI is InChI=1S/C23H37N3O5/c1-7-8-11-14-24-20(28)19(17-13-10-9-12-16(17)2)26(6)21(29)18(15-27)25-22(30)31-23(3,4)5/h9-10,12-13,18-19,27H,7-8,11,14-15H2,1-6H3,(H,24,28)(H,25,30). The van der Waals surface area contributed by atoms with E-state index in [-0.39, 0.29) is 5.91 Å². The molecule has 3 N–H and O–H groups in total. The number of nitrogens with zero attached hydrogens (tertiary/aromatic N) is 1. The van der Waals surface area contributed by atoms with Gasteiger partial charge in [0.1, 0.15) is 17.7 Å². The highest BCUT2D eigenvalue weighted by Crippen LogP contribution is 2.24. The number of alkyl carbamates (subject to hydrolysis) is 1. The van der Waals surface area contributed by atoms with E-state index < -0.39 is 36.3 Å². The minimum atomic E-state index is -1.24. The van der Waals surface area contributed by atoms with Crippen molar-refractivity contribution >= 4 is 17.9 Å². The average Bonchev–Trinajstić information content (AvgIpc) is 2.69. The van der Waals surface area contributed by atoms with Gasteiger partial charge in [-0.25, -0.2) is 4.79 Å². The predicted octanol–water partition coefficient (Wildman–Crippen LogP) is 2.69. The molecule has 0 aliphatic heterocycles. The summed E-state index contributed by atoms with van der Waals surface area (Å²) >= 11 is 0. The van der Waals surface area contributed by atoms with Gasteiger partial charge in [-0.1, -0.05) is 44.0 Å². The Morgan fingerprint density at radius 2 is 1.81 bits per heavy atom. The van der Waals surface area contributed by atoms with E-state index >= 15 is 0 Å². The monoisotopic (exact) mass is 435 g/mol. The van der Waals surface area contributed by atoms with E-state index in [2.05, 4.69) is 17.6 Å². The highest BCUT2D eigenvalue weighted by Gasteiger charge is 2.34. The van der Waals surface area contributed by atoms with E-state index in [1.54, 1.807) is 32.9 Å². The first kappa shape index (κ1) is 26.4. The van der Waals surface area contributed by atoms with Gasteiger partial charge in [0, 0.05) is 13.6 Å². The SMILES string of the molecule is CCCCCNC(=O)C(c1ccccc1C)N(C)C(=O)C(CO)NC(=O)OC(C)(C)C. The number of aryl methyl sites for hydroxylation is 1. The Kier molecular flexibility index (Phi) is 10.5. The summed E-state index contributed by atoms with van der Waals surface area (Å²) in [7, 11) is 1.49. The molecule has 174 valence electrons. The van der Waals surface area contributed by atoms with Gasteiger partial charge in [-0.2, -0.15) is 0 Å². The van der Waals surface area contributed by atoms with Crippen LogP contribution in [0.2, 0.25) is 0 Å². The second-order valence-electron chi connectivity index (χ2n) is 8.59. The number of hydrogen-bond donors (Lipinski definition) is 3. The molecule has 1 aromatic rings. The molecule has 8 nitrogen and oxygen atoms in total. The number of ether oxygens (including phenoxy) is 1. The third kappa shape index (κ3) is 8.57. The quantitative estimate of drug-likeness (QED) is 0.490. The summed E-state index contributed by atoms with van der Waals surface area (Å²) in [5.74, 6) is -0.902. The van der Waals surface area contributed by atoms with Crippen LogP contribution in [0.25, 0.3) is 0 Å². The first-order valence-corrected chi connectivity index (χ1v) is 10.7. The van der Waals surface area contributed by atoms with Crippen molar-refractivity contribution in [3.63, 3.8) is 0 Å². The van der Waals surface area contributed by atoms with Crippen LogP contribution in [0.1, 0.15) is 64.1 Å². The maximum atomic E-state index is 13.1. The van der Waals surface area contributed by atoms with Crippen molar-refractivity contribution in [2.24, 2.45) is 0 Å². The lowest BCUT2D eigenvalue weighted by molar-refractivity contribution is -0.141. The Morgan fingerprint density at radius 1 is 1.16 bits per heavy atom. The van der Waals surface area contributed by atoms with Crippen molar-refractivity contribution in [2.45, 2.75) is 71.6 Å². The Labute approximate surface area is 185 Å². The lowest BCUT2D eigenvalue weighted by Gasteiger charge is -2.31. The van der Waals surface area contributed by atoms with Crippen molar-refractivity contribution < 1.29 is 24.2 Å². The molecule has 0 heterocycles. The smallest absolute Gasteiger partial charge is 0.408 e. The van der Waals surface area contributed by atoms with Crippen LogP contribution >= 0.6 is 0 Å². The summed E-state index contributed by atoms with van der Waals surface area (Å²) in [6.07, 6.45) is 2.06. The maximum absolute atomic E-state index is 13.1. The van der Waals surface area contributed by atoms with Gasteiger partial charge in [0.2, 0.25) is 11.8 Å². The van der Waals surface area contributed by atoms with E-state index in [4.69, 9.17) is 4.74 Å². The van der Waals surface area contributed by atoms with Crippen molar-refractivity contribution in [3.8, 4) is 0 Å². The molecule has 0 saturated heterocycles. The number of carbonyl (C=O) groups is 3. The van der Waals surface area contributed by atoms with Crippen molar-refractivity contribution in [1.82, 2.24) is 15.5 Å². The average molecular weight is 436 g/mol. The number of aliphatic hydroxyl groups is 1. The molecule has 0 saturated carbocycles. The Balaban J connectivity index is 3.07. The van der Waals surface area contributed by atoms with Gasteiger partial charge in [0.25, 0.3) is 0 Å². The molecule has 0 bridgehead atoms. The van der Waals surface area contributed by atoms with Crippen LogP contribution in [-0.4, -0.2) is 59.8 Å². The van der Waals surface area contributed by atoms with Crippen LogP contribution in [0.15, 0.2) is 24.3 Å². The molecule has 3 amide bonds. The van der Waals surface area contributed by atoms with Crippen molar-refractivity contribution in [1.29, 1.82) is 0 Å². The first-order valence-electron chi connectivity index (χ1n) is 10.7. The van der Waals surface area contributed by atoms with E-state index in [0.29, 0.717) is 12.1 Å². The lowest BCUT2D eigenvalue weighted by Crippen LogP contribution is -2.53. The van der Waals surface area contributed by atoms with Gasteiger partial charge in [-0.15, -0.1) is 0 Å². The summed E-state index contributed by atoms with van der Waals surface area (Å²) < 4.78 is 5.18. The lowest BCUT2D eigenvalue weighted by atomic mass is 9.98. The zero-order chi connectivity index (χ0) is 23.6. The summed E-state index contributed by atoms with van der Waals surface area (Å²) in [4.78, 5) is 39.5. The number of rotatable bonds is 10. The molecule has 1 aromatic carbocycles. The van der Waals surface area contributed by atoms with Crippen LogP contribution in [0, 0.1) is 6.92 Å². The molecule has 0 aromatic heterocycles. The highest BCUT2D eigenvalue weighted by atomic mass is 16.6. The molecule has 0 radical (unpaired) electrons. The molecular formula is C23H37N3O5. The first-order chi connectivity index (χ1) is 14.5. The number of hydrogen-bond acceptors (Lipinski definition) is 5. The van der Waals surface area contributed by atoms with E-state index in [0.717, 1.165) is 24.8 Å². The minimum Gasteiger partial charge on any atom is -0.444 e. The number of benzene rings is 1. The Bertz CT molecular complexity index is 745. The van der Waals surface area contributed by atoms with Gasteiger partial charge < -0.3 is 25.4 Å². The van der Waals surface area contributed by atoms with Crippen LogP contribution in [0.3, 0.4) is 0 Å². The van der Waals surface area contributed by atoms with Crippen LogP contribution in [0.5, 0.6) is 0 Å². The van der Waals surface area contributed by atoms with Gasteiger partial charge in [-0.05, 0) is 45.2 Å². The van der Waals surface area contributed by atoms with Gasteiger partial charge >= 0.3 is 6.09 Å². The van der Waals surface area contributed by atoms with Crippen LogP contribution in [-0.2, 0) is 14.3 Å². The van der Waals surface area contributed by atoms with Crippen molar-refractivity contribution in [3.05, 3.63) is 35.4 Å². The third-order valence-electron chi connectivity index (χ3n) is 4.72. The Hall–Kier alpha value is -2.61. The van der Waals surface area contributed by atoms with Crippen LogP contribution < -0.4 is 10.6 Å². The van der Waals surface area contributed by atoms with E-state index in [1.807, 2.05) is 19.1 Å². The maximum Gasteiger partial charge on any atom is 0.408 e. The molecule has 2 atom stereocenters. The number of nitrogens with one attached hydrogen (secondary N) is 2. The summed E-state index contributed by atoms with van der Waals surface area (Å²) in [6, 6.07) is 5.19. The van der Waals surface area contributed by atoms with Crippen molar-refractivity contribution in [2.75, 3.05) is 20.2 Å². The predicted molar refractivity (Wildman–Crippen MR) is 119 cm³/mol. The molecule has 2 unspecified atom stereocenters. The summed E-state index contributed by atoms with van der Waals surface area (Å²) in [5.41, 5.74) is 0.790. The number of aliphatic hydroxyl groups excluding tert-OH is 1. The molecule has 8 heteroatoms. The number of carbonyl (C=O) groups excluding carboxylic acids is 3. The molecule has 0 fully saturated rings. The van der Waals surface area contributed by atoms with E-state index in [9.17, 15) is 19.5 Å². The molecule has 0 aliphatic rings. The fourth-order valence-corrected chi connectivity index (χ4v) is 3.11. The summed E-state index contributed by atoms with van der Waals surface area (Å²) in [5, 5.41) is 15.0. The fourth-order valence-electron chi connectivity index (χ4n) is 3.11. The second kappa shape index (κ2) is 12.3.